The number of carboxylic acid groups (broad SMARTS) is 1. The van der Waals surface area contributed by atoms with Gasteiger partial charge in [0.2, 0.25) is 0 Å². The number of aromatic amines is 1. The summed E-state index contributed by atoms with van der Waals surface area (Å²) in [5, 5.41) is 9.74. The Morgan fingerprint density at radius 3 is 2.80 bits per heavy atom. The summed E-state index contributed by atoms with van der Waals surface area (Å²) in [5.41, 5.74) is 1.39. The zero-order valence-corrected chi connectivity index (χ0v) is 7.86. The quantitative estimate of drug-likeness (QED) is 0.744. The molecule has 1 aromatic carbocycles. The van der Waals surface area contributed by atoms with Crippen LogP contribution in [0.4, 0.5) is 0 Å². The maximum atomic E-state index is 10.9. The number of fused-ring (bicyclic) bond motifs is 1. The number of carbonyl (C=O) groups is 2. The molecule has 0 atom stereocenters. The number of H-pyrrole nitrogens is 1. The number of carboxylic acids is 1. The van der Waals surface area contributed by atoms with Gasteiger partial charge in [-0.15, -0.1) is 0 Å². The van der Waals surface area contributed by atoms with Crippen molar-refractivity contribution < 1.29 is 14.7 Å². The van der Waals surface area contributed by atoms with Gasteiger partial charge in [-0.25, -0.2) is 4.79 Å². The molecule has 76 valence electrons. The lowest BCUT2D eigenvalue weighted by molar-refractivity contribution is -0.107. The van der Waals surface area contributed by atoms with Crippen LogP contribution in [0.25, 0.3) is 10.9 Å². The fourth-order valence-electron chi connectivity index (χ4n) is 1.68. The third-order valence-electron chi connectivity index (χ3n) is 2.31. The molecule has 0 saturated heterocycles. The highest BCUT2D eigenvalue weighted by molar-refractivity contribution is 5.98. The first-order valence-corrected chi connectivity index (χ1v) is 4.50. The molecule has 2 rings (SSSR count). The van der Waals surface area contributed by atoms with Gasteiger partial charge in [-0.3, -0.25) is 0 Å². The van der Waals surface area contributed by atoms with E-state index in [-0.39, 0.29) is 12.1 Å². The number of para-hydroxylation sites is 1. The predicted molar refractivity (Wildman–Crippen MR) is 55.0 cm³/mol. The van der Waals surface area contributed by atoms with Gasteiger partial charge in [-0.05, 0) is 11.6 Å². The van der Waals surface area contributed by atoms with Crippen molar-refractivity contribution >= 4 is 23.2 Å². The highest BCUT2D eigenvalue weighted by atomic mass is 16.4. The Hall–Kier alpha value is -2.10. The summed E-state index contributed by atoms with van der Waals surface area (Å²) >= 11 is 0. The molecule has 4 nitrogen and oxygen atoms in total. The van der Waals surface area contributed by atoms with Crippen LogP contribution in [0.5, 0.6) is 0 Å². The van der Waals surface area contributed by atoms with Gasteiger partial charge >= 0.3 is 5.97 Å². The first kappa shape index (κ1) is 9.45. The molecule has 1 heterocycles. The molecule has 0 aliphatic heterocycles. The van der Waals surface area contributed by atoms with Gasteiger partial charge in [0.05, 0.1) is 0 Å². The fourth-order valence-corrected chi connectivity index (χ4v) is 1.68. The van der Waals surface area contributed by atoms with Crippen molar-refractivity contribution in [3.8, 4) is 0 Å². The van der Waals surface area contributed by atoms with E-state index in [1.165, 1.54) is 0 Å². The molecule has 0 amide bonds. The number of aldehydes is 1. The molecule has 0 saturated carbocycles. The van der Waals surface area contributed by atoms with E-state index >= 15 is 0 Å². The van der Waals surface area contributed by atoms with Crippen LogP contribution < -0.4 is 0 Å². The number of aromatic carboxylic acids is 1. The normalized spacial score (nSPS) is 10.4. The average molecular weight is 203 g/mol. The number of nitrogens with one attached hydrogen (secondary N) is 1. The van der Waals surface area contributed by atoms with Gasteiger partial charge in [0.25, 0.3) is 0 Å². The number of aromatic nitrogens is 1. The minimum Gasteiger partial charge on any atom is -0.477 e. The second-order valence-corrected chi connectivity index (χ2v) is 3.20. The summed E-state index contributed by atoms with van der Waals surface area (Å²) in [6, 6.07) is 7.22. The molecule has 0 aliphatic rings. The van der Waals surface area contributed by atoms with Crippen LogP contribution in [-0.4, -0.2) is 22.3 Å². The highest BCUT2D eigenvalue weighted by Crippen LogP contribution is 2.22. The third kappa shape index (κ3) is 1.50. The van der Waals surface area contributed by atoms with Crippen LogP contribution in [0, 0.1) is 0 Å². The second-order valence-electron chi connectivity index (χ2n) is 3.20. The SMILES string of the molecule is O=CCc1c(C(=O)O)[nH]c2ccccc12. The Bertz CT molecular complexity index is 528. The Morgan fingerprint density at radius 2 is 2.13 bits per heavy atom. The summed E-state index contributed by atoms with van der Waals surface area (Å²) in [6.07, 6.45) is 0.827. The summed E-state index contributed by atoms with van der Waals surface area (Å²) in [4.78, 5) is 24.2. The van der Waals surface area contributed by atoms with Gasteiger partial charge in [0.1, 0.15) is 12.0 Å². The minimum absolute atomic E-state index is 0.100. The van der Waals surface area contributed by atoms with Crippen LogP contribution in [0.1, 0.15) is 16.1 Å². The van der Waals surface area contributed by atoms with Gasteiger partial charge in [-0.2, -0.15) is 0 Å². The molecule has 0 aliphatic carbocycles. The second kappa shape index (κ2) is 3.57. The van der Waals surface area contributed by atoms with Gasteiger partial charge < -0.3 is 14.9 Å². The number of hydrogen-bond acceptors (Lipinski definition) is 2. The first-order valence-electron chi connectivity index (χ1n) is 4.50. The van der Waals surface area contributed by atoms with Crippen molar-refractivity contribution in [2.45, 2.75) is 6.42 Å². The van der Waals surface area contributed by atoms with Crippen molar-refractivity contribution in [3.63, 3.8) is 0 Å². The van der Waals surface area contributed by atoms with Crippen LogP contribution in [0.3, 0.4) is 0 Å². The van der Waals surface area contributed by atoms with E-state index in [9.17, 15) is 9.59 Å². The maximum absolute atomic E-state index is 10.9. The molecule has 0 unspecified atom stereocenters. The third-order valence-corrected chi connectivity index (χ3v) is 2.31. The van der Waals surface area contributed by atoms with Crippen molar-refractivity contribution in [1.82, 2.24) is 4.98 Å². The smallest absolute Gasteiger partial charge is 0.352 e. The average Bonchev–Trinajstić information content (AvgIpc) is 2.58. The first-order chi connectivity index (χ1) is 7.24. The minimum atomic E-state index is -1.04. The molecular weight excluding hydrogens is 194 g/mol. The van der Waals surface area contributed by atoms with E-state index in [0.29, 0.717) is 11.8 Å². The Kier molecular flexibility index (Phi) is 2.25. The van der Waals surface area contributed by atoms with Crippen molar-refractivity contribution in [2.75, 3.05) is 0 Å². The molecule has 2 N–H and O–H groups in total. The van der Waals surface area contributed by atoms with Crippen LogP contribution in [0.2, 0.25) is 0 Å². The van der Waals surface area contributed by atoms with E-state index < -0.39 is 5.97 Å². The molecule has 4 heteroatoms. The zero-order valence-electron chi connectivity index (χ0n) is 7.86. The largest absolute Gasteiger partial charge is 0.477 e. The topological polar surface area (TPSA) is 70.2 Å². The number of carbonyl (C=O) groups excluding carboxylic acids is 1. The molecule has 1 aromatic heterocycles. The number of benzene rings is 1. The van der Waals surface area contributed by atoms with Crippen molar-refractivity contribution in [2.24, 2.45) is 0 Å². The molecular formula is C11H9NO3. The number of hydrogen-bond donors (Lipinski definition) is 2. The van der Waals surface area contributed by atoms with Crippen molar-refractivity contribution in [1.29, 1.82) is 0 Å². The van der Waals surface area contributed by atoms with E-state index in [1.54, 1.807) is 12.1 Å². The van der Waals surface area contributed by atoms with E-state index in [0.717, 1.165) is 10.9 Å². The molecule has 0 fully saturated rings. The fraction of sp³-hybridized carbons (Fsp3) is 0.0909. The monoisotopic (exact) mass is 203 g/mol. The standard InChI is InChI=1S/C11H9NO3/c13-6-5-8-7-3-1-2-4-9(7)12-10(8)11(14)15/h1-4,6,12H,5H2,(H,14,15). The molecule has 0 spiro atoms. The molecule has 2 aromatic rings. The number of rotatable bonds is 3. The summed E-state index contributed by atoms with van der Waals surface area (Å²) in [5.74, 6) is -1.04. The lowest BCUT2D eigenvalue weighted by atomic mass is 10.1. The molecule has 0 radical (unpaired) electrons. The Balaban J connectivity index is 2.73. The maximum Gasteiger partial charge on any atom is 0.352 e. The summed E-state index contributed by atoms with van der Waals surface area (Å²) in [7, 11) is 0. The van der Waals surface area contributed by atoms with E-state index in [4.69, 9.17) is 5.11 Å². The van der Waals surface area contributed by atoms with Gasteiger partial charge in [0.15, 0.2) is 0 Å². The molecule has 0 bridgehead atoms. The molecule has 15 heavy (non-hydrogen) atoms. The highest BCUT2D eigenvalue weighted by Gasteiger charge is 2.15. The van der Waals surface area contributed by atoms with Gasteiger partial charge in [-0.1, -0.05) is 18.2 Å². The predicted octanol–water partition coefficient (Wildman–Crippen LogP) is 1.61. The van der Waals surface area contributed by atoms with Crippen LogP contribution in [0.15, 0.2) is 24.3 Å². The van der Waals surface area contributed by atoms with Crippen molar-refractivity contribution in [3.05, 3.63) is 35.5 Å². The lowest BCUT2D eigenvalue weighted by Crippen LogP contribution is -2.01. The summed E-state index contributed by atoms with van der Waals surface area (Å²) < 4.78 is 0. The summed E-state index contributed by atoms with van der Waals surface area (Å²) in [6.45, 7) is 0. The Morgan fingerprint density at radius 1 is 1.40 bits per heavy atom. The zero-order chi connectivity index (χ0) is 10.8. The van der Waals surface area contributed by atoms with Crippen LogP contribution in [-0.2, 0) is 11.2 Å². The van der Waals surface area contributed by atoms with Crippen LogP contribution >= 0.6 is 0 Å². The van der Waals surface area contributed by atoms with E-state index in [1.807, 2.05) is 12.1 Å². The lowest BCUT2D eigenvalue weighted by Gasteiger charge is -1.94. The van der Waals surface area contributed by atoms with E-state index in [2.05, 4.69) is 4.98 Å². The Labute approximate surface area is 85.5 Å². The van der Waals surface area contributed by atoms with Gasteiger partial charge in [0, 0.05) is 17.3 Å².